The molecule has 42 heavy (non-hydrogen) atoms. The van der Waals surface area contributed by atoms with Gasteiger partial charge in [0.15, 0.2) is 0 Å². The van der Waals surface area contributed by atoms with Gasteiger partial charge < -0.3 is 19.9 Å². The van der Waals surface area contributed by atoms with Crippen LogP contribution in [0.15, 0.2) is 42.0 Å². The molecule has 2 rings (SSSR count). The van der Waals surface area contributed by atoms with Crippen LogP contribution in [0.25, 0.3) is 0 Å². The molecular weight excluding hydrogens is 530 g/mol. The second-order valence-corrected chi connectivity index (χ2v) is 12.8. The molecule has 0 bridgehead atoms. The van der Waals surface area contributed by atoms with Crippen LogP contribution in [0.1, 0.15) is 87.1 Å². The fourth-order valence-electron chi connectivity index (χ4n) is 5.37. The number of carbonyl (C=O) groups excluding carboxylic acids is 4. The van der Waals surface area contributed by atoms with Crippen molar-refractivity contribution in [3.63, 3.8) is 0 Å². The largest absolute Gasteiger partial charge is 0.467 e. The molecular formula is C34H55N3O5. The molecule has 1 aromatic carbocycles. The number of hydrogen-bond donors (Lipinski definition) is 1. The first-order valence-electron chi connectivity index (χ1n) is 15.3. The summed E-state index contributed by atoms with van der Waals surface area (Å²) in [6, 6.07) is 8.99. The highest BCUT2D eigenvalue weighted by Gasteiger charge is 2.37. The predicted molar refractivity (Wildman–Crippen MR) is 169 cm³/mol. The van der Waals surface area contributed by atoms with Gasteiger partial charge in [0.05, 0.1) is 19.7 Å². The van der Waals surface area contributed by atoms with Crippen molar-refractivity contribution in [2.24, 2.45) is 17.8 Å². The maximum Gasteiger partial charge on any atom is 0.328 e. The molecule has 8 heteroatoms. The number of carbonyl (C=O) groups is 4. The number of benzene rings is 1. The average Bonchev–Trinajstić information content (AvgIpc) is 3.43. The number of hydrogen-bond acceptors (Lipinski definition) is 5. The van der Waals surface area contributed by atoms with Gasteiger partial charge in [-0.25, -0.2) is 4.79 Å². The summed E-state index contributed by atoms with van der Waals surface area (Å²) in [7, 11) is 3.01. The van der Waals surface area contributed by atoms with Crippen molar-refractivity contribution in [3.8, 4) is 0 Å². The van der Waals surface area contributed by atoms with E-state index in [0.717, 1.165) is 17.9 Å². The van der Waals surface area contributed by atoms with Crippen molar-refractivity contribution in [1.29, 1.82) is 0 Å². The Balaban J connectivity index is 0.00000206. The topological polar surface area (TPSA) is 96.0 Å². The molecule has 1 saturated heterocycles. The predicted octanol–water partition coefficient (Wildman–Crippen LogP) is 5.36. The van der Waals surface area contributed by atoms with E-state index in [1.165, 1.54) is 7.11 Å². The first kappa shape index (κ1) is 36.9. The summed E-state index contributed by atoms with van der Waals surface area (Å²) < 4.78 is 4.86. The zero-order valence-corrected chi connectivity index (χ0v) is 27.8. The standard InChI is InChI=1S/C30H45N3O5.C4H10/c1-9-23(30(5,6)22-14-11-10-12-15-22)27(35)31-19-26(34)32(7)25(20(2)3)18-21(4)28(36)33-17-13-16-24(33)29(37)38-8;1-4(2)3/h10-12,14-15,18,20,23-25H,9,13,16-17,19H2,1-8H3,(H,31,35);4H,1-3H3/b21-18+;/t23-,24+,25-;/m1./s1. The van der Waals surface area contributed by atoms with Gasteiger partial charge in [0.2, 0.25) is 17.7 Å². The molecule has 1 N–H and O–H groups in total. The van der Waals surface area contributed by atoms with Crippen molar-refractivity contribution in [2.75, 3.05) is 27.2 Å². The van der Waals surface area contributed by atoms with Crippen molar-refractivity contribution in [2.45, 2.75) is 99.1 Å². The van der Waals surface area contributed by atoms with Crippen LogP contribution in [0.2, 0.25) is 0 Å². The lowest BCUT2D eigenvalue weighted by Crippen LogP contribution is -2.48. The summed E-state index contributed by atoms with van der Waals surface area (Å²) in [5, 5.41) is 2.85. The Morgan fingerprint density at radius 3 is 2.17 bits per heavy atom. The Kier molecular flexibility index (Phi) is 15.0. The lowest BCUT2D eigenvalue weighted by Gasteiger charge is -2.34. The van der Waals surface area contributed by atoms with E-state index in [4.69, 9.17) is 4.74 Å². The molecule has 0 spiro atoms. The SMILES string of the molecule is CC(C)C.CC[C@H](C(=O)NCC(=O)N(C)[C@H](/C=C(\C)C(=O)N1CCC[C@H]1C(=O)OC)C(C)C)C(C)(C)c1ccccc1. The zero-order chi connectivity index (χ0) is 32.2. The molecule has 0 radical (unpaired) electrons. The lowest BCUT2D eigenvalue weighted by molar-refractivity contribution is -0.149. The highest BCUT2D eigenvalue weighted by Crippen LogP contribution is 2.34. The van der Waals surface area contributed by atoms with Crippen molar-refractivity contribution in [1.82, 2.24) is 15.1 Å². The molecule has 0 saturated carbocycles. The van der Waals surface area contributed by atoms with E-state index in [2.05, 4.69) is 39.9 Å². The number of methoxy groups -OCH3 is 1. The number of amides is 3. The van der Waals surface area contributed by atoms with Gasteiger partial charge in [-0.3, -0.25) is 14.4 Å². The molecule has 0 unspecified atom stereocenters. The second kappa shape index (κ2) is 17.1. The van der Waals surface area contributed by atoms with E-state index in [1.54, 1.807) is 29.8 Å². The van der Waals surface area contributed by atoms with Gasteiger partial charge in [-0.2, -0.15) is 0 Å². The molecule has 236 valence electrons. The quantitative estimate of drug-likeness (QED) is 0.279. The monoisotopic (exact) mass is 585 g/mol. The van der Waals surface area contributed by atoms with E-state index < -0.39 is 17.4 Å². The third-order valence-electron chi connectivity index (χ3n) is 7.80. The number of nitrogens with zero attached hydrogens (tertiary/aromatic N) is 2. The molecule has 1 aliphatic heterocycles. The Morgan fingerprint density at radius 1 is 1.10 bits per heavy atom. The van der Waals surface area contributed by atoms with Gasteiger partial charge >= 0.3 is 5.97 Å². The smallest absolute Gasteiger partial charge is 0.328 e. The summed E-state index contributed by atoms with van der Waals surface area (Å²) in [5.41, 5.74) is 1.15. The molecule has 1 fully saturated rings. The Bertz CT molecular complexity index is 1060. The molecule has 3 atom stereocenters. The fraction of sp³-hybridized carbons (Fsp3) is 0.647. The number of nitrogens with one attached hydrogen (secondary N) is 1. The number of esters is 1. The van der Waals surface area contributed by atoms with Crippen LogP contribution in [-0.2, 0) is 29.3 Å². The maximum absolute atomic E-state index is 13.2. The van der Waals surface area contributed by atoms with E-state index in [9.17, 15) is 19.2 Å². The van der Waals surface area contributed by atoms with E-state index in [-0.39, 0.29) is 42.1 Å². The van der Waals surface area contributed by atoms with Crippen LogP contribution in [0.3, 0.4) is 0 Å². The Morgan fingerprint density at radius 2 is 1.67 bits per heavy atom. The molecule has 0 aliphatic carbocycles. The second-order valence-electron chi connectivity index (χ2n) is 12.8. The summed E-state index contributed by atoms with van der Waals surface area (Å²) in [6.45, 7) is 18.6. The van der Waals surface area contributed by atoms with Crippen molar-refractivity contribution >= 4 is 23.7 Å². The molecule has 1 heterocycles. The Labute approximate surface area is 254 Å². The van der Waals surface area contributed by atoms with Gasteiger partial charge in [0.1, 0.15) is 6.04 Å². The van der Waals surface area contributed by atoms with Gasteiger partial charge in [-0.05, 0) is 43.6 Å². The highest BCUT2D eigenvalue weighted by molar-refractivity contribution is 5.96. The fourth-order valence-corrected chi connectivity index (χ4v) is 5.37. The average molecular weight is 586 g/mol. The highest BCUT2D eigenvalue weighted by atomic mass is 16.5. The van der Waals surface area contributed by atoms with Crippen LogP contribution >= 0.6 is 0 Å². The third-order valence-corrected chi connectivity index (χ3v) is 7.80. The first-order valence-corrected chi connectivity index (χ1v) is 15.3. The first-order chi connectivity index (χ1) is 19.6. The van der Waals surface area contributed by atoms with Crippen LogP contribution < -0.4 is 5.32 Å². The summed E-state index contributed by atoms with van der Waals surface area (Å²) in [4.78, 5) is 54.7. The maximum atomic E-state index is 13.2. The molecule has 1 aromatic rings. The third kappa shape index (κ3) is 10.3. The minimum absolute atomic E-state index is 0.0257. The minimum atomic E-state index is -0.574. The lowest BCUT2D eigenvalue weighted by atomic mass is 9.71. The Hall–Kier alpha value is -3.16. The number of ether oxygens (including phenoxy) is 1. The van der Waals surface area contributed by atoms with Crippen LogP contribution in [0.4, 0.5) is 0 Å². The summed E-state index contributed by atoms with van der Waals surface area (Å²) in [6.07, 6.45) is 3.74. The zero-order valence-electron chi connectivity index (χ0n) is 27.8. The number of rotatable bonds is 11. The molecule has 8 nitrogen and oxygen atoms in total. The van der Waals surface area contributed by atoms with E-state index in [1.807, 2.05) is 51.1 Å². The van der Waals surface area contributed by atoms with E-state index in [0.29, 0.717) is 25.0 Å². The minimum Gasteiger partial charge on any atom is -0.467 e. The molecule has 0 aromatic heterocycles. The van der Waals surface area contributed by atoms with Gasteiger partial charge in [0, 0.05) is 30.5 Å². The van der Waals surface area contributed by atoms with Crippen LogP contribution in [-0.4, -0.2) is 72.8 Å². The summed E-state index contributed by atoms with van der Waals surface area (Å²) in [5.74, 6) is -0.479. The molecule has 3 amide bonds. The number of likely N-dealkylation sites (tertiary alicyclic amines) is 1. The normalized spacial score (nSPS) is 16.8. The van der Waals surface area contributed by atoms with Crippen LogP contribution in [0.5, 0.6) is 0 Å². The van der Waals surface area contributed by atoms with E-state index >= 15 is 0 Å². The van der Waals surface area contributed by atoms with Gasteiger partial charge in [0.25, 0.3) is 0 Å². The van der Waals surface area contributed by atoms with Gasteiger partial charge in [-0.15, -0.1) is 0 Å². The van der Waals surface area contributed by atoms with Crippen molar-refractivity contribution < 1.29 is 23.9 Å². The van der Waals surface area contributed by atoms with Crippen LogP contribution in [0, 0.1) is 17.8 Å². The van der Waals surface area contributed by atoms with Gasteiger partial charge in [-0.1, -0.05) is 91.8 Å². The summed E-state index contributed by atoms with van der Waals surface area (Å²) >= 11 is 0. The number of likely N-dealkylation sites (N-methyl/N-ethyl adjacent to an activating group) is 1. The van der Waals surface area contributed by atoms with Crippen molar-refractivity contribution in [3.05, 3.63) is 47.5 Å². The molecule has 1 aliphatic rings.